The smallest absolute Gasteiger partial charge is 0.393 e. The first kappa shape index (κ1) is 20.4. The number of halogens is 3. The zero-order valence-electron chi connectivity index (χ0n) is 14.4. The van der Waals surface area contributed by atoms with Crippen molar-refractivity contribution in [3.05, 3.63) is 16.9 Å². The van der Waals surface area contributed by atoms with E-state index in [0.29, 0.717) is 12.8 Å². The van der Waals surface area contributed by atoms with Crippen LogP contribution < -0.4 is 4.74 Å². The quantitative estimate of drug-likeness (QED) is 0.436. The summed E-state index contributed by atoms with van der Waals surface area (Å²) in [6.45, 7) is 5.55. The summed E-state index contributed by atoms with van der Waals surface area (Å²) in [7, 11) is 0. The molecule has 0 spiro atoms. The Morgan fingerprint density at radius 1 is 1.08 bits per heavy atom. The molecule has 1 rings (SSSR count). The molecule has 0 atom stereocenters. The zero-order valence-corrected chi connectivity index (χ0v) is 14.4. The van der Waals surface area contributed by atoms with E-state index in [-0.39, 0.29) is 36.0 Å². The minimum atomic E-state index is -4.45. The Morgan fingerprint density at radius 3 is 2.33 bits per heavy atom. The third-order valence-corrected chi connectivity index (χ3v) is 3.45. The maximum Gasteiger partial charge on any atom is 0.393 e. The molecule has 0 saturated carbocycles. The standard InChI is InChI=1S/C17H25F3O4/c1-4-7-8-9-10-13-12(11-17(18,19)20)14(15(21)22-5-2)16(24-13)23-6-3/h4-11H2,1-3H3. The molecule has 1 aromatic heterocycles. The minimum Gasteiger partial charge on any atom is -0.465 e. The molecular weight excluding hydrogens is 325 g/mol. The molecule has 0 aliphatic carbocycles. The number of carbonyl (C=O) groups excluding carboxylic acids is 1. The van der Waals surface area contributed by atoms with Gasteiger partial charge in [-0.1, -0.05) is 26.2 Å². The van der Waals surface area contributed by atoms with E-state index in [4.69, 9.17) is 13.9 Å². The third kappa shape index (κ3) is 6.09. The second-order valence-corrected chi connectivity index (χ2v) is 5.42. The summed E-state index contributed by atoms with van der Waals surface area (Å²) in [5.74, 6) is -0.862. The van der Waals surface area contributed by atoms with E-state index in [1.54, 1.807) is 13.8 Å². The molecule has 0 amide bonds. The molecule has 24 heavy (non-hydrogen) atoms. The molecule has 0 aliphatic heterocycles. The van der Waals surface area contributed by atoms with Gasteiger partial charge in [0.1, 0.15) is 11.3 Å². The SMILES string of the molecule is CCCCCCc1oc(OCC)c(C(=O)OCC)c1CC(F)(F)F. The van der Waals surface area contributed by atoms with Gasteiger partial charge in [-0.25, -0.2) is 4.79 Å². The maximum absolute atomic E-state index is 13.0. The number of hydrogen-bond acceptors (Lipinski definition) is 4. The summed E-state index contributed by atoms with van der Waals surface area (Å²) in [6, 6.07) is 0. The van der Waals surface area contributed by atoms with Gasteiger partial charge in [0, 0.05) is 12.0 Å². The van der Waals surface area contributed by atoms with Crippen LogP contribution in [0.2, 0.25) is 0 Å². The predicted molar refractivity (Wildman–Crippen MR) is 83.4 cm³/mol. The first-order chi connectivity index (χ1) is 11.3. The van der Waals surface area contributed by atoms with Crippen LogP contribution in [-0.2, 0) is 17.6 Å². The largest absolute Gasteiger partial charge is 0.465 e. The molecule has 0 saturated heterocycles. The first-order valence-electron chi connectivity index (χ1n) is 8.35. The maximum atomic E-state index is 13.0. The lowest BCUT2D eigenvalue weighted by molar-refractivity contribution is -0.127. The molecule has 138 valence electrons. The van der Waals surface area contributed by atoms with E-state index in [0.717, 1.165) is 19.3 Å². The monoisotopic (exact) mass is 350 g/mol. The van der Waals surface area contributed by atoms with Crippen LogP contribution in [-0.4, -0.2) is 25.4 Å². The molecule has 0 aliphatic rings. The molecule has 4 nitrogen and oxygen atoms in total. The Morgan fingerprint density at radius 2 is 1.79 bits per heavy atom. The van der Waals surface area contributed by atoms with Crippen LogP contribution >= 0.6 is 0 Å². The van der Waals surface area contributed by atoms with Crippen LogP contribution in [0.4, 0.5) is 13.2 Å². The van der Waals surface area contributed by atoms with E-state index in [9.17, 15) is 18.0 Å². The fourth-order valence-electron chi connectivity index (χ4n) is 2.43. The number of carbonyl (C=O) groups is 1. The molecule has 0 N–H and O–H groups in total. The predicted octanol–water partition coefficient (Wildman–Crippen LogP) is 5.08. The van der Waals surface area contributed by atoms with Gasteiger partial charge in [0.2, 0.25) is 0 Å². The Hall–Kier alpha value is -1.66. The molecule has 0 bridgehead atoms. The van der Waals surface area contributed by atoms with Gasteiger partial charge < -0.3 is 13.9 Å². The van der Waals surface area contributed by atoms with Crippen LogP contribution in [0, 0.1) is 0 Å². The highest BCUT2D eigenvalue weighted by atomic mass is 19.4. The number of rotatable bonds is 10. The molecule has 0 fully saturated rings. The lowest BCUT2D eigenvalue weighted by atomic mass is 10.0. The van der Waals surface area contributed by atoms with Crippen molar-refractivity contribution in [2.45, 2.75) is 65.5 Å². The molecule has 7 heteroatoms. The van der Waals surface area contributed by atoms with E-state index in [1.165, 1.54) is 0 Å². The number of hydrogen-bond donors (Lipinski definition) is 0. The van der Waals surface area contributed by atoms with Crippen LogP contribution in [0.1, 0.15) is 68.1 Å². The van der Waals surface area contributed by atoms with Gasteiger partial charge in [0.25, 0.3) is 5.95 Å². The fourth-order valence-corrected chi connectivity index (χ4v) is 2.43. The molecule has 0 radical (unpaired) electrons. The number of aryl methyl sites for hydroxylation is 1. The number of furan rings is 1. The molecule has 1 heterocycles. The minimum absolute atomic E-state index is 0.0624. The molecule has 0 unspecified atom stereocenters. The molecule has 1 aromatic rings. The van der Waals surface area contributed by atoms with E-state index >= 15 is 0 Å². The topological polar surface area (TPSA) is 48.7 Å². The van der Waals surface area contributed by atoms with Crippen molar-refractivity contribution in [1.82, 2.24) is 0 Å². The van der Waals surface area contributed by atoms with Gasteiger partial charge in [-0.15, -0.1) is 0 Å². The highest BCUT2D eigenvalue weighted by Gasteiger charge is 2.36. The van der Waals surface area contributed by atoms with Gasteiger partial charge in [-0.2, -0.15) is 13.2 Å². The number of alkyl halides is 3. The van der Waals surface area contributed by atoms with Gasteiger partial charge >= 0.3 is 12.1 Å². The summed E-state index contributed by atoms with van der Waals surface area (Å²) in [4.78, 5) is 12.1. The summed E-state index contributed by atoms with van der Waals surface area (Å²) in [5.41, 5.74) is -0.401. The van der Waals surface area contributed by atoms with E-state index < -0.39 is 18.6 Å². The Balaban J connectivity index is 3.18. The van der Waals surface area contributed by atoms with Crippen LogP contribution in [0.5, 0.6) is 5.95 Å². The normalized spacial score (nSPS) is 11.6. The number of ether oxygens (including phenoxy) is 2. The number of unbranched alkanes of at least 4 members (excludes halogenated alkanes) is 3. The van der Waals surface area contributed by atoms with Gasteiger partial charge in [-0.05, 0) is 20.3 Å². The zero-order chi connectivity index (χ0) is 18.2. The summed E-state index contributed by atoms with van der Waals surface area (Å²) >= 11 is 0. The van der Waals surface area contributed by atoms with Crippen LogP contribution in [0.25, 0.3) is 0 Å². The fraction of sp³-hybridized carbons (Fsp3) is 0.706. The Labute approximate surface area is 140 Å². The van der Waals surface area contributed by atoms with Crippen LogP contribution in [0.3, 0.4) is 0 Å². The van der Waals surface area contributed by atoms with Gasteiger partial charge in [-0.3, -0.25) is 0 Å². The lowest BCUT2D eigenvalue weighted by Gasteiger charge is -2.09. The van der Waals surface area contributed by atoms with Crippen molar-refractivity contribution in [3.63, 3.8) is 0 Å². The van der Waals surface area contributed by atoms with Crippen molar-refractivity contribution < 1.29 is 31.9 Å². The first-order valence-corrected chi connectivity index (χ1v) is 8.35. The van der Waals surface area contributed by atoms with Crippen molar-refractivity contribution in [2.75, 3.05) is 13.2 Å². The van der Waals surface area contributed by atoms with E-state index in [2.05, 4.69) is 0 Å². The van der Waals surface area contributed by atoms with E-state index in [1.807, 2.05) is 6.92 Å². The summed E-state index contributed by atoms with van der Waals surface area (Å²) in [6.07, 6.45) is -1.75. The Kier molecular flexibility index (Phi) is 8.15. The second-order valence-electron chi connectivity index (χ2n) is 5.42. The molecule has 0 aromatic carbocycles. The van der Waals surface area contributed by atoms with Crippen molar-refractivity contribution in [2.24, 2.45) is 0 Å². The average molecular weight is 350 g/mol. The van der Waals surface area contributed by atoms with Crippen molar-refractivity contribution >= 4 is 5.97 Å². The number of esters is 1. The average Bonchev–Trinajstić information content (AvgIpc) is 2.80. The van der Waals surface area contributed by atoms with Gasteiger partial charge in [0.15, 0.2) is 0 Å². The van der Waals surface area contributed by atoms with Crippen molar-refractivity contribution in [3.8, 4) is 5.95 Å². The van der Waals surface area contributed by atoms with Gasteiger partial charge in [0.05, 0.1) is 19.6 Å². The summed E-state index contributed by atoms with van der Waals surface area (Å²) < 4.78 is 54.4. The summed E-state index contributed by atoms with van der Waals surface area (Å²) in [5, 5.41) is 0. The highest BCUT2D eigenvalue weighted by molar-refractivity contribution is 5.94. The Bertz CT molecular complexity index is 521. The highest BCUT2D eigenvalue weighted by Crippen LogP contribution is 2.35. The van der Waals surface area contributed by atoms with Crippen LogP contribution in [0.15, 0.2) is 4.42 Å². The third-order valence-electron chi connectivity index (χ3n) is 3.45. The second kappa shape index (κ2) is 9.59. The molecular formula is C17H25F3O4. The lowest BCUT2D eigenvalue weighted by Crippen LogP contribution is -2.16. The van der Waals surface area contributed by atoms with Crippen molar-refractivity contribution in [1.29, 1.82) is 0 Å².